The molecule has 10 rings (SSSR count). The Morgan fingerprint density at radius 1 is 0.469 bits per heavy atom. The van der Waals surface area contributed by atoms with Crippen LogP contribution in [0.2, 0.25) is 0 Å². The third-order valence-corrected chi connectivity index (χ3v) is 11.5. The minimum absolute atomic E-state index is 0.0899. The Balaban J connectivity index is 1.27. The molecule has 1 heterocycles. The molecule has 0 fully saturated rings. The summed E-state index contributed by atoms with van der Waals surface area (Å²) in [6.45, 7) is 11.8. The van der Waals surface area contributed by atoms with Crippen molar-refractivity contribution in [3.8, 4) is 22.3 Å². The number of para-hydroxylation sites is 2. The number of furan rings is 1. The summed E-state index contributed by atoms with van der Waals surface area (Å²) >= 11 is 0. The van der Waals surface area contributed by atoms with E-state index in [9.17, 15) is 0 Å². The number of fused-ring (bicyclic) bond motifs is 9. The fourth-order valence-electron chi connectivity index (χ4n) is 9.22. The smallest absolute Gasteiger partial charge is 0.159 e. The Morgan fingerprint density at radius 3 is 1.90 bits per heavy atom. The van der Waals surface area contributed by atoms with Crippen molar-refractivity contribution in [1.82, 2.24) is 0 Å². The summed E-state index contributed by atoms with van der Waals surface area (Å²) < 4.78 is 6.65. The van der Waals surface area contributed by atoms with Crippen molar-refractivity contribution in [2.75, 3.05) is 4.90 Å². The zero-order valence-electron chi connectivity index (χ0n) is 28.6. The molecule has 2 heteroatoms. The first-order valence-corrected chi connectivity index (χ1v) is 17.4. The van der Waals surface area contributed by atoms with Crippen LogP contribution >= 0.6 is 0 Å². The average molecular weight is 632 g/mol. The predicted molar refractivity (Wildman–Crippen MR) is 206 cm³/mol. The Bertz CT molecular complexity index is 2670. The van der Waals surface area contributed by atoms with Gasteiger partial charge in [0.05, 0.1) is 11.4 Å². The van der Waals surface area contributed by atoms with E-state index in [-0.39, 0.29) is 10.8 Å². The second-order valence-electron chi connectivity index (χ2n) is 15.0. The number of benzene rings is 7. The number of anilines is 3. The molecule has 0 N–H and O–H groups in total. The van der Waals surface area contributed by atoms with Gasteiger partial charge in [0.2, 0.25) is 0 Å². The average Bonchev–Trinajstić information content (AvgIpc) is 3.61. The van der Waals surface area contributed by atoms with Crippen molar-refractivity contribution >= 4 is 49.8 Å². The zero-order chi connectivity index (χ0) is 33.2. The highest BCUT2D eigenvalue weighted by atomic mass is 16.3. The number of rotatable bonds is 3. The first-order valence-electron chi connectivity index (χ1n) is 17.4. The highest BCUT2D eigenvalue weighted by Crippen LogP contribution is 2.59. The molecule has 2 nitrogen and oxygen atoms in total. The second kappa shape index (κ2) is 9.74. The lowest BCUT2D eigenvalue weighted by Gasteiger charge is -2.40. The minimum Gasteiger partial charge on any atom is -0.454 e. The van der Waals surface area contributed by atoms with Crippen LogP contribution in [0.25, 0.3) is 55.0 Å². The predicted octanol–water partition coefficient (Wildman–Crippen LogP) is 13.1. The van der Waals surface area contributed by atoms with Crippen molar-refractivity contribution in [1.29, 1.82) is 0 Å². The van der Waals surface area contributed by atoms with Gasteiger partial charge in [-0.2, -0.15) is 0 Å². The number of aryl methyl sites for hydroxylation is 1. The van der Waals surface area contributed by atoms with Gasteiger partial charge in [0, 0.05) is 32.7 Å². The van der Waals surface area contributed by atoms with Crippen LogP contribution < -0.4 is 4.90 Å². The monoisotopic (exact) mass is 631 g/mol. The first kappa shape index (κ1) is 28.4. The Hall–Kier alpha value is -5.60. The second-order valence-corrected chi connectivity index (χ2v) is 15.0. The van der Waals surface area contributed by atoms with Gasteiger partial charge in [0.1, 0.15) is 5.58 Å². The minimum atomic E-state index is -0.210. The van der Waals surface area contributed by atoms with E-state index in [1.165, 1.54) is 60.8 Å². The van der Waals surface area contributed by atoms with E-state index in [1.807, 2.05) is 6.07 Å². The summed E-state index contributed by atoms with van der Waals surface area (Å²) in [5, 5.41) is 4.83. The molecule has 2 aliphatic rings. The van der Waals surface area contributed by atoms with Crippen LogP contribution in [-0.4, -0.2) is 0 Å². The van der Waals surface area contributed by atoms with Crippen LogP contribution in [0.5, 0.6) is 0 Å². The molecule has 0 atom stereocenters. The van der Waals surface area contributed by atoms with Gasteiger partial charge in [0.25, 0.3) is 0 Å². The third-order valence-electron chi connectivity index (χ3n) is 11.5. The fourth-order valence-corrected chi connectivity index (χ4v) is 9.22. The maximum atomic E-state index is 6.65. The zero-order valence-corrected chi connectivity index (χ0v) is 28.6. The van der Waals surface area contributed by atoms with Crippen LogP contribution in [0.4, 0.5) is 17.1 Å². The summed E-state index contributed by atoms with van der Waals surface area (Å²) in [5.41, 5.74) is 17.1. The molecule has 7 aromatic carbocycles. The molecular formula is C47H37NO. The van der Waals surface area contributed by atoms with Crippen molar-refractivity contribution in [2.45, 2.75) is 45.4 Å². The summed E-state index contributed by atoms with van der Waals surface area (Å²) in [6, 6.07) is 49.1. The molecule has 0 radical (unpaired) electrons. The topological polar surface area (TPSA) is 16.4 Å². The maximum absolute atomic E-state index is 6.65. The van der Waals surface area contributed by atoms with E-state index < -0.39 is 0 Å². The first-order chi connectivity index (χ1) is 23.7. The van der Waals surface area contributed by atoms with Gasteiger partial charge >= 0.3 is 0 Å². The number of nitrogens with zero attached hydrogens (tertiary/aromatic N) is 1. The molecular weight excluding hydrogens is 595 g/mol. The molecule has 0 amide bonds. The van der Waals surface area contributed by atoms with Crippen molar-refractivity contribution in [3.63, 3.8) is 0 Å². The van der Waals surface area contributed by atoms with Crippen LogP contribution in [0.1, 0.15) is 55.5 Å². The summed E-state index contributed by atoms with van der Waals surface area (Å²) in [7, 11) is 0. The number of hydrogen-bond donors (Lipinski definition) is 0. The molecule has 0 bridgehead atoms. The van der Waals surface area contributed by atoms with Crippen molar-refractivity contribution < 1.29 is 4.42 Å². The molecule has 49 heavy (non-hydrogen) atoms. The summed E-state index contributed by atoms with van der Waals surface area (Å²) in [6.07, 6.45) is 0. The van der Waals surface area contributed by atoms with E-state index in [0.29, 0.717) is 0 Å². The van der Waals surface area contributed by atoms with E-state index in [0.717, 1.165) is 39.0 Å². The van der Waals surface area contributed by atoms with Crippen LogP contribution in [0, 0.1) is 6.92 Å². The molecule has 1 aromatic heterocycles. The quantitative estimate of drug-likeness (QED) is 0.193. The highest BCUT2D eigenvalue weighted by molar-refractivity contribution is 6.14. The fraction of sp³-hybridized carbons (Fsp3) is 0.149. The van der Waals surface area contributed by atoms with Gasteiger partial charge in [-0.25, -0.2) is 0 Å². The molecule has 0 unspecified atom stereocenters. The Kier molecular flexibility index (Phi) is 5.65. The molecule has 2 aliphatic carbocycles. The molecule has 0 saturated carbocycles. The van der Waals surface area contributed by atoms with Gasteiger partial charge in [-0.1, -0.05) is 136 Å². The highest BCUT2D eigenvalue weighted by Gasteiger charge is 2.44. The van der Waals surface area contributed by atoms with E-state index in [4.69, 9.17) is 4.42 Å². The van der Waals surface area contributed by atoms with Gasteiger partial charge in [-0.3, -0.25) is 0 Å². The Morgan fingerprint density at radius 2 is 1.08 bits per heavy atom. The molecule has 0 aliphatic heterocycles. The summed E-state index contributed by atoms with van der Waals surface area (Å²) in [4.78, 5) is 2.40. The SMILES string of the molecule is Cc1ccc(N(c2ccc3c4c(cccc24)C(C)(C)c2c-3ccc3c2C(C)(C)c2ccccc2-3)c2cccc3c2oc2ccccc23)cc1. The lowest BCUT2D eigenvalue weighted by Crippen LogP contribution is -2.29. The Labute approximate surface area is 287 Å². The molecule has 0 saturated heterocycles. The molecule has 0 spiro atoms. The van der Waals surface area contributed by atoms with Gasteiger partial charge in [-0.15, -0.1) is 0 Å². The van der Waals surface area contributed by atoms with E-state index in [2.05, 4.69) is 167 Å². The van der Waals surface area contributed by atoms with Gasteiger partial charge in [-0.05, 0) is 87.1 Å². The van der Waals surface area contributed by atoms with Crippen molar-refractivity contribution in [3.05, 3.63) is 161 Å². The normalized spacial score (nSPS) is 15.0. The van der Waals surface area contributed by atoms with E-state index in [1.54, 1.807) is 0 Å². The molecule has 8 aromatic rings. The van der Waals surface area contributed by atoms with Crippen molar-refractivity contribution in [2.24, 2.45) is 0 Å². The van der Waals surface area contributed by atoms with Gasteiger partial charge < -0.3 is 9.32 Å². The summed E-state index contributed by atoms with van der Waals surface area (Å²) in [5.74, 6) is 0. The lowest BCUT2D eigenvalue weighted by molar-refractivity contribution is 0.591. The van der Waals surface area contributed by atoms with Crippen LogP contribution in [0.15, 0.2) is 138 Å². The maximum Gasteiger partial charge on any atom is 0.159 e. The lowest BCUT2D eigenvalue weighted by atomic mass is 9.63. The standard InChI is InChI=1S/C47H37NO/c1-28-20-22-29(23-21-28)48(40-18-11-14-35-31-13-7-9-19-41(31)49-45(35)40)39-27-26-32-34-25-24-33-30-12-6-8-16-37(30)46(2,3)43(33)44(34)47(4,5)38-17-10-15-36(39)42(32)38/h6-27H,1-5H3. The van der Waals surface area contributed by atoms with E-state index >= 15 is 0 Å². The van der Waals surface area contributed by atoms with Crippen LogP contribution in [-0.2, 0) is 10.8 Å². The number of hydrogen-bond acceptors (Lipinski definition) is 2. The van der Waals surface area contributed by atoms with Crippen LogP contribution in [0.3, 0.4) is 0 Å². The largest absolute Gasteiger partial charge is 0.454 e. The molecule has 236 valence electrons. The third kappa shape index (κ3) is 3.72. The van der Waals surface area contributed by atoms with Gasteiger partial charge in [0.15, 0.2) is 5.58 Å².